The van der Waals surface area contributed by atoms with Crippen molar-refractivity contribution in [2.24, 2.45) is 0 Å². The van der Waals surface area contributed by atoms with Crippen molar-refractivity contribution in [3.63, 3.8) is 0 Å². The van der Waals surface area contributed by atoms with Gasteiger partial charge in [0.1, 0.15) is 5.82 Å². The van der Waals surface area contributed by atoms with Crippen LogP contribution >= 0.6 is 15.9 Å². The lowest BCUT2D eigenvalue weighted by molar-refractivity contribution is 0.0993. The highest BCUT2D eigenvalue weighted by atomic mass is 79.9. The Morgan fingerprint density at radius 1 is 1.57 bits per heavy atom. The molecule has 0 bridgehead atoms. The summed E-state index contributed by atoms with van der Waals surface area (Å²) in [5, 5.41) is 2.77. The Labute approximate surface area is 90.6 Å². The Kier molecular flexibility index (Phi) is 3.77. The molecular formula is C10H11BrFNO. The summed E-state index contributed by atoms with van der Waals surface area (Å²) in [5.41, 5.74) is 1.21. The molecule has 0 radical (unpaired) electrons. The summed E-state index contributed by atoms with van der Waals surface area (Å²) in [6.45, 7) is 1.98. The minimum Gasteiger partial charge on any atom is -0.313 e. The van der Waals surface area contributed by atoms with E-state index in [2.05, 4.69) is 21.2 Å². The normalized spacial score (nSPS) is 10.3. The fourth-order valence-corrected chi connectivity index (χ4v) is 1.55. The number of benzene rings is 1. The van der Waals surface area contributed by atoms with Crippen molar-refractivity contribution in [3.05, 3.63) is 33.5 Å². The zero-order valence-electron chi connectivity index (χ0n) is 8.03. The van der Waals surface area contributed by atoms with Crippen LogP contribution in [0.15, 0.2) is 16.6 Å². The smallest absolute Gasteiger partial charge is 0.176 e. The number of halogens is 2. The van der Waals surface area contributed by atoms with E-state index < -0.39 is 0 Å². The van der Waals surface area contributed by atoms with Crippen LogP contribution in [-0.2, 0) is 0 Å². The molecular weight excluding hydrogens is 249 g/mol. The highest BCUT2D eigenvalue weighted by molar-refractivity contribution is 9.10. The Morgan fingerprint density at radius 2 is 2.21 bits per heavy atom. The summed E-state index contributed by atoms with van der Waals surface area (Å²) in [6, 6.07) is 2.87. The number of carbonyl (C=O) groups is 1. The number of hydrogen-bond donors (Lipinski definition) is 1. The van der Waals surface area contributed by atoms with Gasteiger partial charge in [-0.1, -0.05) is 0 Å². The van der Waals surface area contributed by atoms with Crippen molar-refractivity contribution in [2.75, 3.05) is 13.6 Å². The molecule has 2 nitrogen and oxygen atoms in total. The largest absolute Gasteiger partial charge is 0.313 e. The van der Waals surface area contributed by atoms with Gasteiger partial charge in [0.15, 0.2) is 5.78 Å². The van der Waals surface area contributed by atoms with E-state index in [0.717, 1.165) is 0 Å². The number of ketones is 1. The third kappa shape index (κ3) is 2.39. The van der Waals surface area contributed by atoms with Crippen LogP contribution in [0.1, 0.15) is 15.9 Å². The van der Waals surface area contributed by atoms with E-state index in [-0.39, 0.29) is 18.1 Å². The molecule has 1 aromatic rings. The average molecular weight is 260 g/mol. The molecule has 0 amide bonds. The summed E-state index contributed by atoms with van der Waals surface area (Å²) in [6.07, 6.45) is 0. The zero-order valence-corrected chi connectivity index (χ0v) is 9.61. The van der Waals surface area contributed by atoms with Gasteiger partial charge in [-0.2, -0.15) is 0 Å². The molecule has 0 heterocycles. The van der Waals surface area contributed by atoms with E-state index >= 15 is 0 Å². The monoisotopic (exact) mass is 259 g/mol. The number of nitrogens with one attached hydrogen (secondary N) is 1. The van der Waals surface area contributed by atoms with Crippen LogP contribution < -0.4 is 5.32 Å². The molecule has 0 fully saturated rings. The number of rotatable bonds is 3. The minimum atomic E-state index is -0.344. The van der Waals surface area contributed by atoms with Crippen LogP contribution in [0.5, 0.6) is 0 Å². The lowest BCUT2D eigenvalue weighted by Gasteiger charge is -2.05. The molecule has 4 heteroatoms. The molecule has 0 aliphatic carbocycles. The van der Waals surface area contributed by atoms with Gasteiger partial charge in [-0.05, 0) is 47.6 Å². The maximum absolute atomic E-state index is 13.0. The predicted molar refractivity (Wildman–Crippen MR) is 57.1 cm³/mol. The second-order valence-electron chi connectivity index (χ2n) is 3.03. The topological polar surface area (TPSA) is 29.1 Å². The lowest BCUT2D eigenvalue weighted by Crippen LogP contribution is -2.19. The standard InChI is InChI=1S/C10H11BrFNO/c1-6-3-9(12)8(11)4-7(6)10(14)5-13-2/h3-4,13H,5H2,1-2H3. The quantitative estimate of drug-likeness (QED) is 0.845. The zero-order chi connectivity index (χ0) is 10.7. The SMILES string of the molecule is CNCC(=O)c1cc(Br)c(F)cc1C. The van der Waals surface area contributed by atoms with Crippen LogP contribution in [-0.4, -0.2) is 19.4 Å². The van der Waals surface area contributed by atoms with Crippen LogP contribution in [0.2, 0.25) is 0 Å². The molecule has 1 aromatic carbocycles. The molecule has 0 aromatic heterocycles. The summed E-state index contributed by atoms with van der Waals surface area (Å²) in [7, 11) is 1.70. The third-order valence-corrected chi connectivity index (χ3v) is 2.51. The minimum absolute atomic E-state index is 0.0364. The van der Waals surface area contributed by atoms with Gasteiger partial charge in [0.25, 0.3) is 0 Å². The molecule has 76 valence electrons. The first kappa shape index (κ1) is 11.3. The predicted octanol–water partition coefficient (Wildman–Crippen LogP) is 2.30. The number of likely N-dealkylation sites (N-methyl/N-ethyl adjacent to an activating group) is 1. The first-order valence-electron chi connectivity index (χ1n) is 4.19. The highest BCUT2D eigenvalue weighted by Crippen LogP contribution is 2.20. The fourth-order valence-electron chi connectivity index (χ4n) is 1.20. The van der Waals surface area contributed by atoms with Gasteiger partial charge in [0, 0.05) is 5.56 Å². The van der Waals surface area contributed by atoms with Crippen molar-refractivity contribution in [2.45, 2.75) is 6.92 Å². The van der Waals surface area contributed by atoms with Gasteiger partial charge in [0.2, 0.25) is 0 Å². The third-order valence-electron chi connectivity index (χ3n) is 1.91. The van der Waals surface area contributed by atoms with Gasteiger partial charge in [0.05, 0.1) is 11.0 Å². The molecule has 0 saturated carbocycles. The number of Topliss-reactive ketones (excluding diaryl/α,β-unsaturated/α-hetero) is 1. The van der Waals surface area contributed by atoms with E-state index in [4.69, 9.17) is 0 Å². The van der Waals surface area contributed by atoms with E-state index in [1.807, 2.05) is 0 Å². The molecule has 0 aliphatic heterocycles. The van der Waals surface area contributed by atoms with Gasteiger partial charge in [-0.15, -0.1) is 0 Å². The molecule has 0 saturated heterocycles. The van der Waals surface area contributed by atoms with Crippen LogP contribution in [0.25, 0.3) is 0 Å². The second kappa shape index (κ2) is 4.66. The van der Waals surface area contributed by atoms with Crippen molar-refractivity contribution in [1.29, 1.82) is 0 Å². The van der Waals surface area contributed by atoms with Gasteiger partial charge >= 0.3 is 0 Å². The van der Waals surface area contributed by atoms with Crippen molar-refractivity contribution >= 4 is 21.7 Å². The summed E-state index contributed by atoms with van der Waals surface area (Å²) < 4.78 is 13.4. The molecule has 1 N–H and O–H groups in total. The van der Waals surface area contributed by atoms with Gasteiger partial charge in [-0.3, -0.25) is 4.79 Å². The number of hydrogen-bond acceptors (Lipinski definition) is 2. The van der Waals surface area contributed by atoms with E-state index in [9.17, 15) is 9.18 Å². The molecule has 0 aliphatic rings. The fraction of sp³-hybridized carbons (Fsp3) is 0.300. The molecule has 0 atom stereocenters. The van der Waals surface area contributed by atoms with E-state index in [1.54, 1.807) is 14.0 Å². The Balaban J connectivity index is 3.09. The van der Waals surface area contributed by atoms with E-state index in [1.165, 1.54) is 12.1 Å². The maximum Gasteiger partial charge on any atom is 0.176 e. The Bertz CT molecular complexity index is 365. The van der Waals surface area contributed by atoms with Crippen LogP contribution in [0.4, 0.5) is 4.39 Å². The Morgan fingerprint density at radius 3 is 2.79 bits per heavy atom. The van der Waals surface area contributed by atoms with Crippen molar-refractivity contribution in [1.82, 2.24) is 5.32 Å². The summed E-state index contributed by atoms with van der Waals surface area (Å²) >= 11 is 3.05. The van der Waals surface area contributed by atoms with Gasteiger partial charge in [-0.25, -0.2) is 4.39 Å². The van der Waals surface area contributed by atoms with Crippen LogP contribution in [0.3, 0.4) is 0 Å². The summed E-state index contributed by atoms with van der Waals surface area (Å²) in [4.78, 5) is 11.5. The summed E-state index contributed by atoms with van der Waals surface area (Å²) in [5.74, 6) is -0.380. The van der Waals surface area contributed by atoms with Crippen molar-refractivity contribution < 1.29 is 9.18 Å². The van der Waals surface area contributed by atoms with Crippen molar-refractivity contribution in [3.8, 4) is 0 Å². The molecule has 0 unspecified atom stereocenters. The first-order valence-corrected chi connectivity index (χ1v) is 4.99. The average Bonchev–Trinajstić information content (AvgIpc) is 2.11. The highest BCUT2D eigenvalue weighted by Gasteiger charge is 2.11. The second-order valence-corrected chi connectivity index (χ2v) is 3.89. The maximum atomic E-state index is 13.0. The van der Waals surface area contributed by atoms with Gasteiger partial charge < -0.3 is 5.32 Å². The number of carbonyl (C=O) groups excluding carboxylic acids is 1. The molecule has 1 rings (SSSR count). The molecule has 14 heavy (non-hydrogen) atoms. The molecule has 0 spiro atoms. The Hall–Kier alpha value is -0.740. The first-order chi connectivity index (χ1) is 6.56. The van der Waals surface area contributed by atoms with Crippen LogP contribution in [0, 0.1) is 12.7 Å². The van der Waals surface area contributed by atoms with E-state index in [0.29, 0.717) is 15.6 Å². The lowest BCUT2D eigenvalue weighted by atomic mass is 10.0. The number of aryl methyl sites for hydroxylation is 1.